The van der Waals surface area contributed by atoms with Gasteiger partial charge in [0.2, 0.25) is 0 Å². The fourth-order valence-electron chi connectivity index (χ4n) is 3.09. The average molecular weight is 374 g/mol. The van der Waals surface area contributed by atoms with E-state index < -0.39 is 0 Å². The van der Waals surface area contributed by atoms with Gasteiger partial charge in [-0.2, -0.15) is 11.3 Å². The molecule has 0 radical (unpaired) electrons. The number of nitrogens with one attached hydrogen (secondary N) is 2. The van der Waals surface area contributed by atoms with Crippen molar-refractivity contribution in [2.24, 2.45) is 4.99 Å². The molecule has 1 saturated carbocycles. The van der Waals surface area contributed by atoms with Crippen LogP contribution in [-0.2, 0) is 13.1 Å². The second kappa shape index (κ2) is 9.48. The summed E-state index contributed by atoms with van der Waals surface area (Å²) in [7, 11) is 3.47. The molecule has 2 aromatic rings. The van der Waals surface area contributed by atoms with Crippen molar-refractivity contribution < 1.29 is 9.47 Å². The second-order valence-corrected chi connectivity index (χ2v) is 7.20. The summed E-state index contributed by atoms with van der Waals surface area (Å²) in [5.74, 6) is 2.41. The predicted molar refractivity (Wildman–Crippen MR) is 107 cm³/mol. The Labute approximate surface area is 159 Å². The molecule has 0 spiro atoms. The standard InChI is InChI=1S/C20H27N3O2S/c1-21-20(23-13-16-9-10-26-14-16)22-12-15-7-8-18(24-2)19(11-15)25-17-5-3-4-6-17/h7-11,14,17H,3-6,12-13H2,1-2H3,(H2,21,22,23). The Kier molecular flexibility index (Phi) is 6.77. The zero-order chi connectivity index (χ0) is 18.2. The lowest BCUT2D eigenvalue weighted by Gasteiger charge is -2.17. The van der Waals surface area contributed by atoms with Crippen LogP contribution in [0.3, 0.4) is 0 Å². The van der Waals surface area contributed by atoms with Crippen LogP contribution < -0.4 is 20.1 Å². The second-order valence-electron chi connectivity index (χ2n) is 6.42. The van der Waals surface area contributed by atoms with E-state index in [0.29, 0.717) is 12.6 Å². The van der Waals surface area contributed by atoms with E-state index >= 15 is 0 Å². The zero-order valence-corrected chi connectivity index (χ0v) is 16.3. The number of hydrogen-bond donors (Lipinski definition) is 2. The summed E-state index contributed by atoms with van der Waals surface area (Å²) < 4.78 is 11.6. The van der Waals surface area contributed by atoms with E-state index in [1.54, 1.807) is 25.5 Å². The van der Waals surface area contributed by atoms with Crippen molar-refractivity contribution in [2.45, 2.75) is 44.9 Å². The van der Waals surface area contributed by atoms with Gasteiger partial charge < -0.3 is 20.1 Å². The molecule has 26 heavy (non-hydrogen) atoms. The molecule has 3 rings (SSSR count). The fraction of sp³-hybridized carbons (Fsp3) is 0.450. The van der Waals surface area contributed by atoms with Crippen LogP contribution in [0.15, 0.2) is 40.0 Å². The lowest BCUT2D eigenvalue weighted by atomic mass is 10.2. The van der Waals surface area contributed by atoms with Gasteiger partial charge in [-0.25, -0.2) is 0 Å². The van der Waals surface area contributed by atoms with Gasteiger partial charge in [0.1, 0.15) is 0 Å². The van der Waals surface area contributed by atoms with Gasteiger partial charge in [-0.05, 0) is 65.8 Å². The minimum absolute atomic E-state index is 0.312. The lowest BCUT2D eigenvalue weighted by Crippen LogP contribution is -2.36. The van der Waals surface area contributed by atoms with Crippen molar-refractivity contribution in [3.8, 4) is 11.5 Å². The summed E-state index contributed by atoms with van der Waals surface area (Å²) >= 11 is 1.70. The highest BCUT2D eigenvalue weighted by molar-refractivity contribution is 7.07. The molecule has 0 bridgehead atoms. The zero-order valence-electron chi connectivity index (χ0n) is 15.5. The molecule has 1 fully saturated rings. The Morgan fingerprint density at radius 2 is 1.88 bits per heavy atom. The Morgan fingerprint density at radius 3 is 2.54 bits per heavy atom. The minimum Gasteiger partial charge on any atom is -0.493 e. The van der Waals surface area contributed by atoms with Crippen LogP contribution in [0, 0.1) is 0 Å². The number of hydrogen-bond acceptors (Lipinski definition) is 4. The van der Waals surface area contributed by atoms with Crippen LogP contribution in [0.4, 0.5) is 0 Å². The molecule has 0 atom stereocenters. The third kappa shape index (κ3) is 5.14. The van der Waals surface area contributed by atoms with Crippen LogP contribution in [0.25, 0.3) is 0 Å². The highest BCUT2D eigenvalue weighted by Crippen LogP contribution is 2.32. The van der Waals surface area contributed by atoms with Crippen molar-refractivity contribution in [3.05, 3.63) is 46.2 Å². The van der Waals surface area contributed by atoms with Gasteiger partial charge in [0.25, 0.3) is 0 Å². The van der Waals surface area contributed by atoms with Gasteiger partial charge >= 0.3 is 0 Å². The summed E-state index contributed by atoms with van der Waals surface area (Å²) in [6, 6.07) is 8.21. The first kappa shape index (κ1) is 18.6. The van der Waals surface area contributed by atoms with Crippen LogP contribution in [0.5, 0.6) is 11.5 Å². The monoisotopic (exact) mass is 373 g/mol. The number of benzene rings is 1. The number of guanidine groups is 1. The SMILES string of the molecule is CN=C(NCc1ccsc1)NCc1ccc(OC)c(OC2CCCC2)c1. The Morgan fingerprint density at radius 1 is 1.12 bits per heavy atom. The van der Waals surface area contributed by atoms with Gasteiger partial charge in [-0.3, -0.25) is 4.99 Å². The first-order valence-corrected chi connectivity index (χ1v) is 10.0. The molecule has 1 heterocycles. The third-order valence-electron chi connectivity index (χ3n) is 4.55. The summed E-state index contributed by atoms with van der Waals surface area (Å²) in [6.07, 6.45) is 5.07. The fourth-order valence-corrected chi connectivity index (χ4v) is 3.76. The summed E-state index contributed by atoms with van der Waals surface area (Å²) in [5, 5.41) is 10.9. The number of thiophene rings is 1. The van der Waals surface area contributed by atoms with E-state index in [-0.39, 0.29) is 0 Å². The quantitative estimate of drug-likeness (QED) is 0.570. The van der Waals surface area contributed by atoms with E-state index in [1.807, 2.05) is 6.07 Å². The molecule has 1 aliphatic rings. The molecule has 2 N–H and O–H groups in total. The van der Waals surface area contributed by atoms with Crippen molar-refractivity contribution >= 4 is 17.3 Å². The average Bonchev–Trinajstić information content (AvgIpc) is 3.36. The number of aliphatic imine (C=N–C) groups is 1. The predicted octanol–water partition coefficient (Wildman–Crippen LogP) is 3.94. The van der Waals surface area contributed by atoms with E-state index in [1.165, 1.54) is 18.4 Å². The number of methoxy groups -OCH3 is 1. The molecule has 1 aromatic carbocycles. The van der Waals surface area contributed by atoms with Gasteiger partial charge in [0, 0.05) is 20.1 Å². The lowest BCUT2D eigenvalue weighted by molar-refractivity contribution is 0.200. The van der Waals surface area contributed by atoms with E-state index in [2.05, 4.69) is 44.6 Å². The van der Waals surface area contributed by atoms with Crippen LogP contribution in [-0.4, -0.2) is 26.2 Å². The van der Waals surface area contributed by atoms with Crippen molar-refractivity contribution in [3.63, 3.8) is 0 Å². The topological polar surface area (TPSA) is 54.9 Å². The molecule has 0 aliphatic heterocycles. The molecular weight excluding hydrogens is 346 g/mol. The van der Waals surface area contributed by atoms with Crippen LogP contribution in [0.1, 0.15) is 36.8 Å². The smallest absolute Gasteiger partial charge is 0.191 e. The Bertz CT molecular complexity index is 710. The van der Waals surface area contributed by atoms with Crippen LogP contribution >= 0.6 is 11.3 Å². The summed E-state index contributed by atoms with van der Waals surface area (Å²) in [5.41, 5.74) is 2.40. The highest BCUT2D eigenvalue weighted by atomic mass is 32.1. The number of ether oxygens (including phenoxy) is 2. The summed E-state index contributed by atoms with van der Waals surface area (Å²) in [6.45, 7) is 1.44. The molecule has 0 saturated heterocycles. The maximum atomic E-state index is 6.17. The van der Waals surface area contributed by atoms with Crippen molar-refractivity contribution in [2.75, 3.05) is 14.2 Å². The highest BCUT2D eigenvalue weighted by Gasteiger charge is 2.18. The number of rotatable bonds is 7. The van der Waals surface area contributed by atoms with Gasteiger partial charge in [0.05, 0.1) is 13.2 Å². The van der Waals surface area contributed by atoms with Crippen LogP contribution in [0.2, 0.25) is 0 Å². The molecular formula is C20H27N3O2S. The molecule has 140 valence electrons. The maximum absolute atomic E-state index is 6.17. The maximum Gasteiger partial charge on any atom is 0.191 e. The molecule has 0 unspecified atom stereocenters. The molecule has 0 amide bonds. The van der Waals surface area contributed by atoms with E-state index in [9.17, 15) is 0 Å². The van der Waals surface area contributed by atoms with E-state index in [4.69, 9.17) is 9.47 Å². The molecule has 1 aromatic heterocycles. The van der Waals surface area contributed by atoms with E-state index in [0.717, 1.165) is 42.4 Å². The Balaban J connectivity index is 1.57. The Hall–Kier alpha value is -2.21. The van der Waals surface area contributed by atoms with Gasteiger partial charge in [-0.1, -0.05) is 6.07 Å². The molecule has 6 heteroatoms. The normalized spacial score (nSPS) is 15.1. The largest absolute Gasteiger partial charge is 0.493 e. The summed E-state index contributed by atoms with van der Waals surface area (Å²) in [4.78, 5) is 4.28. The number of nitrogens with zero attached hydrogens (tertiary/aromatic N) is 1. The molecule has 1 aliphatic carbocycles. The van der Waals surface area contributed by atoms with Gasteiger partial charge in [0.15, 0.2) is 17.5 Å². The first-order valence-electron chi connectivity index (χ1n) is 9.07. The van der Waals surface area contributed by atoms with Crippen molar-refractivity contribution in [1.82, 2.24) is 10.6 Å². The molecule has 5 nitrogen and oxygen atoms in total. The third-order valence-corrected chi connectivity index (χ3v) is 5.28. The first-order chi connectivity index (χ1) is 12.8. The van der Waals surface area contributed by atoms with Gasteiger partial charge in [-0.15, -0.1) is 0 Å². The minimum atomic E-state index is 0.312. The van der Waals surface area contributed by atoms with Crippen molar-refractivity contribution in [1.29, 1.82) is 0 Å².